The maximum absolute atomic E-state index is 6.52. The van der Waals surface area contributed by atoms with Crippen LogP contribution in [0.15, 0.2) is 24.3 Å². The highest BCUT2D eigenvalue weighted by Gasteiger charge is 2.18. The van der Waals surface area contributed by atoms with Crippen LogP contribution in [0.4, 0.5) is 0 Å². The summed E-state index contributed by atoms with van der Waals surface area (Å²) in [5.74, 6) is 0. The molecule has 0 bridgehead atoms. The van der Waals surface area contributed by atoms with Crippen LogP contribution in [0.25, 0.3) is 10.9 Å². The number of rotatable bonds is 2. The summed E-state index contributed by atoms with van der Waals surface area (Å²) >= 11 is 6.52. The SMILES string of the molecule is Cc1c(Cl)c(CN2CCN[C@@H](C)C2)nc2ccccc12.Cl. The van der Waals surface area contributed by atoms with E-state index in [0.29, 0.717) is 6.04 Å². The van der Waals surface area contributed by atoms with Crippen molar-refractivity contribution in [1.29, 1.82) is 0 Å². The zero-order chi connectivity index (χ0) is 14.1. The Kier molecular flexibility index (Phi) is 5.44. The molecule has 1 atom stereocenters. The Labute approximate surface area is 137 Å². The lowest BCUT2D eigenvalue weighted by molar-refractivity contribution is 0.198. The molecule has 114 valence electrons. The Hall–Kier alpha value is -0.870. The molecule has 1 fully saturated rings. The highest BCUT2D eigenvalue weighted by Crippen LogP contribution is 2.27. The van der Waals surface area contributed by atoms with Crippen molar-refractivity contribution >= 4 is 34.9 Å². The van der Waals surface area contributed by atoms with Crippen molar-refractivity contribution in [2.75, 3.05) is 19.6 Å². The first-order valence-electron chi connectivity index (χ1n) is 7.14. The largest absolute Gasteiger partial charge is 0.312 e. The van der Waals surface area contributed by atoms with Crippen molar-refractivity contribution in [3.63, 3.8) is 0 Å². The fourth-order valence-electron chi connectivity index (χ4n) is 2.89. The molecule has 0 unspecified atom stereocenters. The number of nitrogens with one attached hydrogen (secondary N) is 1. The van der Waals surface area contributed by atoms with Crippen molar-refractivity contribution in [3.8, 4) is 0 Å². The second-order valence-electron chi connectivity index (χ2n) is 5.60. The van der Waals surface area contributed by atoms with Crippen LogP contribution in [-0.4, -0.2) is 35.6 Å². The summed E-state index contributed by atoms with van der Waals surface area (Å²) < 4.78 is 0. The molecule has 3 nitrogen and oxygen atoms in total. The zero-order valence-electron chi connectivity index (χ0n) is 12.4. The van der Waals surface area contributed by atoms with Crippen LogP contribution in [0.3, 0.4) is 0 Å². The molecule has 3 rings (SSSR count). The second kappa shape index (κ2) is 6.93. The number of pyridine rings is 1. The van der Waals surface area contributed by atoms with E-state index in [2.05, 4.69) is 36.2 Å². The van der Waals surface area contributed by atoms with Gasteiger partial charge in [0, 0.05) is 37.6 Å². The molecule has 0 spiro atoms. The molecule has 2 heterocycles. The summed E-state index contributed by atoms with van der Waals surface area (Å²) in [6.07, 6.45) is 0. The highest BCUT2D eigenvalue weighted by atomic mass is 35.5. The minimum atomic E-state index is 0. The molecule has 5 heteroatoms. The third-order valence-corrected chi connectivity index (χ3v) is 4.47. The van der Waals surface area contributed by atoms with Crippen molar-refractivity contribution < 1.29 is 0 Å². The van der Waals surface area contributed by atoms with Gasteiger partial charge in [-0.3, -0.25) is 4.90 Å². The van der Waals surface area contributed by atoms with E-state index in [9.17, 15) is 0 Å². The Bertz CT molecular complexity index is 630. The molecule has 1 aliphatic heterocycles. The molecule has 0 radical (unpaired) electrons. The van der Waals surface area contributed by atoms with Crippen LogP contribution in [0.2, 0.25) is 5.02 Å². The lowest BCUT2D eigenvalue weighted by Crippen LogP contribution is -2.48. The van der Waals surface area contributed by atoms with Crippen molar-refractivity contribution in [2.45, 2.75) is 26.4 Å². The smallest absolute Gasteiger partial charge is 0.0740 e. The summed E-state index contributed by atoms with van der Waals surface area (Å²) in [4.78, 5) is 7.18. The molecule has 21 heavy (non-hydrogen) atoms. The first-order valence-corrected chi connectivity index (χ1v) is 7.52. The molecule has 1 aromatic carbocycles. The standard InChI is InChI=1S/C16H20ClN3.ClH/c1-11-9-20(8-7-18-11)10-15-16(17)12(2)13-5-3-4-6-14(13)19-15;/h3-6,11,18H,7-10H2,1-2H3;1H/t11-;/m0./s1. The van der Waals surface area contributed by atoms with Crippen molar-refractivity contribution in [2.24, 2.45) is 0 Å². The van der Waals surface area contributed by atoms with Gasteiger partial charge in [-0.1, -0.05) is 29.8 Å². The van der Waals surface area contributed by atoms with Gasteiger partial charge in [0.2, 0.25) is 0 Å². The first-order chi connectivity index (χ1) is 9.65. The highest BCUT2D eigenvalue weighted by molar-refractivity contribution is 6.32. The lowest BCUT2D eigenvalue weighted by Gasteiger charge is -2.31. The van der Waals surface area contributed by atoms with E-state index < -0.39 is 0 Å². The van der Waals surface area contributed by atoms with Gasteiger partial charge in [-0.05, 0) is 25.5 Å². The number of nitrogens with zero attached hydrogens (tertiary/aromatic N) is 2. The van der Waals surface area contributed by atoms with Crippen LogP contribution in [-0.2, 0) is 6.54 Å². The van der Waals surface area contributed by atoms with Gasteiger partial charge < -0.3 is 5.32 Å². The predicted octanol–water partition coefficient (Wildman–Crippen LogP) is 3.41. The summed E-state index contributed by atoms with van der Waals surface area (Å²) in [5.41, 5.74) is 3.17. The predicted molar refractivity (Wildman–Crippen MR) is 91.5 cm³/mol. The molecule has 0 aliphatic carbocycles. The van der Waals surface area contributed by atoms with Gasteiger partial charge in [-0.25, -0.2) is 4.98 Å². The minimum absolute atomic E-state index is 0. The molecule has 1 saturated heterocycles. The van der Waals surface area contributed by atoms with Gasteiger partial charge in [0.15, 0.2) is 0 Å². The fourth-order valence-corrected chi connectivity index (χ4v) is 3.09. The summed E-state index contributed by atoms with van der Waals surface area (Å²) in [6.45, 7) is 8.25. The molecule has 0 saturated carbocycles. The van der Waals surface area contributed by atoms with Gasteiger partial charge in [-0.2, -0.15) is 0 Å². The number of hydrogen-bond donors (Lipinski definition) is 1. The van der Waals surface area contributed by atoms with E-state index in [1.807, 2.05) is 12.1 Å². The third kappa shape index (κ3) is 3.49. The maximum atomic E-state index is 6.52. The Morgan fingerprint density at radius 3 is 2.90 bits per heavy atom. The van der Waals surface area contributed by atoms with Crippen molar-refractivity contribution in [1.82, 2.24) is 15.2 Å². The van der Waals surface area contributed by atoms with E-state index in [-0.39, 0.29) is 12.4 Å². The monoisotopic (exact) mass is 325 g/mol. The van der Waals surface area contributed by atoms with E-state index in [1.165, 1.54) is 0 Å². The number of para-hydroxylation sites is 1. The Morgan fingerprint density at radius 1 is 1.38 bits per heavy atom. The van der Waals surface area contributed by atoms with Crippen LogP contribution < -0.4 is 5.32 Å². The molecule has 0 amide bonds. The summed E-state index contributed by atoms with van der Waals surface area (Å²) in [6, 6.07) is 8.73. The minimum Gasteiger partial charge on any atom is -0.312 e. The maximum Gasteiger partial charge on any atom is 0.0740 e. The molecule has 2 aromatic rings. The molecular formula is C16H21Cl2N3. The van der Waals surface area contributed by atoms with Gasteiger partial charge in [0.1, 0.15) is 0 Å². The van der Waals surface area contributed by atoms with E-state index >= 15 is 0 Å². The number of hydrogen-bond acceptors (Lipinski definition) is 3. The summed E-state index contributed by atoms with van der Waals surface area (Å²) in [5, 5.41) is 5.42. The van der Waals surface area contributed by atoms with Crippen LogP contribution in [0, 0.1) is 6.92 Å². The van der Waals surface area contributed by atoms with Gasteiger partial charge >= 0.3 is 0 Å². The third-order valence-electron chi connectivity index (χ3n) is 3.97. The zero-order valence-corrected chi connectivity index (χ0v) is 14.0. The molecule has 1 aliphatic rings. The van der Waals surface area contributed by atoms with Gasteiger partial charge in [0.05, 0.1) is 16.2 Å². The number of halogens is 2. The summed E-state index contributed by atoms with van der Waals surface area (Å²) in [7, 11) is 0. The molecule has 1 aromatic heterocycles. The number of benzene rings is 1. The molecule has 1 N–H and O–H groups in total. The topological polar surface area (TPSA) is 28.2 Å². The Morgan fingerprint density at radius 2 is 2.14 bits per heavy atom. The van der Waals surface area contributed by atoms with E-state index in [0.717, 1.165) is 53.4 Å². The average molecular weight is 326 g/mol. The van der Waals surface area contributed by atoms with Crippen LogP contribution >= 0.6 is 24.0 Å². The number of fused-ring (bicyclic) bond motifs is 1. The van der Waals surface area contributed by atoms with Gasteiger partial charge in [-0.15, -0.1) is 12.4 Å². The van der Waals surface area contributed by atoms with Crippen LogP contribution in [0.5, 0.6) is 0 Å². The van der Waals surface area contributed by atoms with Gasteiger partial charge in [0.25, 0.3) is 0 Å². The number of aromatic nitrogens is 1. The van der Waals surface area contributed by atoms with Crippen LogP contribution in [0.1, 0.15) is 18.2 Å². The van der Waals surface area contributed by atoms with E-state index in [4.69, 9.17) is 16.6 Å². The number of piperazine rings is 1. The number of aryl methyl sites for hydroxylation is 1. The molecular weight excluding hydrogens is 305 g/mol. The lowest BCUT2D eigenvalue weighted by atomic mass is 10.1. The second-order valence-corrected chi connectivity index (χ2v) is 5.98. The van der Waals surface area contributed by atoms with Crippen molar-refractivity contribution in [3.05, 3.63) is 40.5 Å². The normalized spacial score (nSPS) is 19.5. The Balaban J connectivity index is 0.00000161. The fraction of sp³-hybridized carbons (Fsp3) is 0.438. The van der Waals surface area contributed by atoms with E-state index in [1.54, 1.807) is 0 Å². The average Bonchev–Trinajstić information content (AvgIpc) is 2.45. The quantitative estimate of drug-likeness (QED) is 0.917. The first kappa shape index (κ1) is 16.5.